The van der Waals surface area contributed by atoms with E-state index in [9.17, 15) is 0 Å². The third kappa shape index (κ3) is 10.7. The zero-order valence-corrected chi connectivity index (χ0v) is 8.73. The molecule has 0 aliphatic heterocycles. The van der Waals surface area contributed by atoms with Gasteiger partial charge >= 0.3 is 44.7 Å². The monoisotopic (exact) mass is 211 g/mol. The molecular weight excluding hydrogens is 207 g/mol. The first kappa shape index (κ1) is 10.3. The summed E-state index contributed by atoms with van der Waals surface area (Å²) in [7, 11) is 0. The van der Waals surface area contributed by atoms with E-state index in [4.69, 9.17) is 5.26 Å². The summed E-state index contributed by atoms with van der Waals surface area (Å²) in [5, 5.41) is 8.99. The predicted molar refractivity (Wildman–Crippen MR) is 30.9 cm³/mol. The molecule has 0 saturated heterocycles. The van der Waals surface area contributed by atoms with Gasteiger partial charge in [0.25, 0.3) is 0 Å². The van der Waals surface area contributed by atoms with Crippen LogP contribution in [0.1, 0.15) is 0 Å². The Morgan fingerprint density at radius 1 is 1.86 bits per heavy atom. The molecule has 0 aromatic carbocycles. The second kappa shape index (κ2) is 9.59. The molecule has 0 atom stereocenters. The van der Waals surface area contributed by atoms with Crippen LogP contribution in [0.25, 0.3) is 0 Å². The fourth-order valence-corrected chi connectivity index (χ4v) is 0.866. The molecule has 1 nitrogen and oxygen atoms in total. The van der Waals surface area contributed by atoms with Gasteiger partial charge in [-0.1, -0.05) is 0 Å². The molecule has 0 bridgehead atoms. The Bertz CT molecular complexity index is 76.2. The SMILES string of the molecule is Br.C=C[CH2][Zn][C]#N. The van der Waals surface area contributed by atoms with Crippen molar-refractivity contribution in [3.63, 3.8) is 0 Å². The summed E-state index contributed by atoms with van der Waals surface area (Å²) in [6.07, 6.45) is 1.82. The van der Waals surface area contributed by atoms with Gasteiger partial charge in [0.05, 0.1) is 0 Å². The molecule has 0 aromatic rings. The average Bonchev–Trinajstić information content (AvgIpc) is 1.61. The summed E-state index contributed by atoms with van der Waals surface area (Å²) in [6.45, 7) is 3.49. The van der Waals surface area contributed by atoms with E-state index in [1.165, 1.54) is 0 Å². The molecule has 36 valence electrons. The first-order valence-electron chi connectivity index (χ1n) is 1.89. The topological polar surface area (TPSA) is 23.8 Å². The van der Waals surface area contributed by atoms with Gasteiger partial charge in [-0.15, -0.1) is 17.0 Å². The van der Waals surface area contributed by atoms with Gasteiger partial charge in [-0.25, -0.2) is 0 Å². The Hall–Kier alpha value is 0.333. The number of hydrogen-bond acceptors (Lipinski definition) is 1. The van der Waals surface area contributed by atoms with Crippen LogP contribution in [-0.4, -0.2) is 0 Å². The van der Waals surface area contributed by atoms with Crippen molar-refractivity contribution >= 4 is 17.0 Å². The fourth-order valence-electron chi connectivity index (χ4n) is 0.167. The van der Waals surface area contributed by atoms with Crippen LogP contribution >= 0.6 is 17.0 Å². The number of halogens is 1. The van der Waals surface area contributed by atoms with Crippen LogP contribution in [0.15, 0.2) is 12.7 Å². The van der Waals surface area contributed by atoms with Crippen LogP contribution < -0.4 is 0 Å². The van der Waals surface area contributed by atoms with Gasteiger partial charge in [0, 0.05) is 0 Å². The number of nitrogens with zero attached hydrogens (tertiary/aromatic N) is 1. The molecule has 0 saturated carbocycles. The van der Waals surface area contributed by atoms with E-state index in [2.05, 4.69) is 11.2 Å². The zero-order chi connectivity index (χ0) is 4.83. The molecule has 0 heterocycles. The minimum absolute atomic E-state index is 0. The summed E-state index contributed by atoms with van der Waals surface area (Å²) in [6, 6.07) is 0. The third-order valence-corrected chi connectivity index (χ3v) is 2.39. The molecule has 0 spiro atoms. The predicted octanol–water partition coefficient (Wildman–Crippen LogP) is 1.73. The number of rotatable bonds is 2. The van der Waals surface area contributed by atoms with Gasteiger partial charge < -0.3 is 0 Å². The average molecular weight is 213 g/mol. The Morgan fingerprint density at radius 2 is 2.43 bits per heavy atom. The molecular formula is C4H6BrNZn. The van der Waals surface area contributed by atoms with Crippen LogP contribution in [0.2, 0.25) is 5.02 Å². The Kier molecular flexibility index (Phi) is 14.2. The van der Waals surface area contributed by atoms with Crippen molar-refractivity contribution in [3.05, 3.63) is 12.7 Å². The van der Waals surface area contributed by atoms with Crippen LogP contribution in [-0.2, 0) is 17.1 Å². The molecule has 0 N–H and O–H groups in total. The van der Waals surface area contributed by atoms with Crippen LogP contribution in [0.4, 0.5) is 0 Å². The number of nitriles is 1. The normalized spacial score (nSPS) is 4.43. The van der Waals surface area contributed by atoms with E-state index in [-0.39, 0.29) is 17.0 Å². The Balaban J connectivity index is 0. The Morgan fingerprint density at radius 3 is 2.57 bits per heavy atom. The van der Waals surface area contributed by atoms with Crippen LogP contribution in [0.5, 0.6) is 0 Å². The van der Waals surface area contributed by atoms with E-state index in [1.807, 2.05) is 6.08 Å². The summed E-state index contributed by atoms with van der Waals surface area (Å²) in [5.41, 5.74) is 0. The molecule has 0 aliphatic rings. The van der Waals surface area contributed by atoms with Gasteiger partial charge in [-0.2, -0.15) is 0 Å². The van der Waals surface area contributed by atoms with Crippen molar-refractivity contribution in [3.8, 4) is 4.66 Å². The van der Waals surface area contributed by atoms with E-state index in [1.54, 1.807) is 0 Å². The first-order valence-corrected chi connectivity index (χ1v) is 5.48. The van der Waals surface area contributed by atoms with Crippen molar-refractivity contribution in [1.82, 2.24) is 0 Å². The molecule has 0 unspecified atom stereocenters. The van der Waals surface area contributed by atoms with Crippen molar-refractivity contribution in [2.75, 3.05) is 0 Å². The van der Waals surface area contributed by atoms with E-state index in [0.717, 1.165) is 5.02 Å². The molecule has 0 rings (SSSR count). The van der Waals surface area contributed by atoms with Crippen molar-refractivity contribution in [2.24, 2.45) is 0 Å². The maximum atomic E-state index is 7.98. The molecule has 0 radical (unpaired) electrons. The minimum atomic E-state index is -0.738. The van der Waals surface area contributed by atoms with Gasteiger partial charge in [0.2, 0.25) is 0 Å². The van der Waals surface area contributed by atoms with Crippen molar-refractivity contribution in [2.45, 2.75) is 5.02 Å². The van der Waals surface area contributed by atoms with Crippen molar-refractivity contribution in [1.29, 1.82) is 5.26 Å². The molecule has 0 amide bonds. The van der Waals surface area contributed by atoms with Crippen LogP contribution in [0.3, 0.4) is 0 Å². The summed E-state index contributed by atoms with van der Waals surface area (Å²) in [4.78, 5) is 0. The van der Waals surface area contributed by atoms with Crippen LogP contribution in [0, 0.1) is 9.93 Å². The fraction of sp³-hybridized carbons (Fsp3) is 0.250. The van der Waals surface area contributed by atoms with E-state index < -0.39 is 17.1 Å². The van der Waals surface area contributed by atoms with Gasteiger partial charge in [-0.05, 0) is 0 Å². The number of allylic oxidation sites excluding steroid dienone is 1. The second-order valence-corrected chi connectivity index (χ2v) is 3.91. The number of hydrogen-bond donors (Lipinski definition) is 0. The maximum absolute atomic E-state index is 7.98. The van der Waals surface area contributed by atoms with Crippen molar-refractivity contribution < 1.29 is 17.1 Å². The Labute approximate surface area is 61.8 Å². The molecule has 3 heteroatoms. The summed E-state index contributed by atoms with van der Waals surface area (Å²) >= 11 is -0.738. The molecule has 0 aromatic heterocycles. The molecule has 0 fully saturated rings. The van der Waals surface area contributed by atoms with E-state index in [0.29, 0.717) is 0 Å². The van der Waals surface area contributed by atoms with E-state index >= 15 is 0 Å². The second-order valence-electron chi connectivity index (χ2n) is 0.985. The summed E-state index contributed by atoms with van der Waals surface area (Å²) in [5.74, 6) is 0. The zero-order valence-electron chi connectivity index (χ0n) is 4.05. The summed E-state index contributed by atoms with van der Waals surface area (Å²) < 4.78 is 2.18. The molecule has 0 aliphatic carbocycles. The van der Waals surface area contributed by atoms with Gasteiger partial charge in [0.15, 0.2) is 0 Å². The quantitative estimate of drug-likeness (QED) is 0.389. The standard InChI is InChI=1S/C3H5.CN.BrH.Zn/c1-3-2;1-2;;/h3H,1-2H2;;1H;. The first-order chi connectivity index (χ1) is 2.91. The third-order valence-electron chi connectivity index (χ3n) is 0.460. The molecule has 7 heavy (non-hydrogen) atoms. The van der Waals surface area contributed by atoms with Gasteiger partial charge in [-0.3, -0.25) is 0 Å². The van der Waals surface area contributed by atoms with Gasteiger partial charge in [0.1, 0.15) is 0 Å².